The SMILES string of the molecule is O=C(NNC(=O)c1ccccn1)c1cccc(OC(F)F)c1. The van der Waals surface area contributed by atoms with E-state index in [1.807, 2.05) is 0 Å². The van der Waals surface area contributed by atoms with E-state index in [1.165, 1.54) is 30.5 Å². The van der Waals surface area contributed by atoms with Gasteiger partial charge in [-0.15, -0.1) is 0 Å². The summed E-state index contributed by atoms with van der Waals surface area (Å²) in [7, 11) is 0. The maximum absolute atomic E-state index is 12.1. The first-order valence-electron chi connectivity index (χ1n) is 6.13. The summed E-state index contributed by atoms with van der Waals surface area (Å²) in [5, 5.41) is 0. The zero-order valence-electron chi connectivity index (χ0n) is 11.1. The monoisotopic (exact) mass is 307 g/mol. The topological polar surface area (TPSA) is 80.3 Å². The lowest BCUT2D eigenvalue weighted by Crippen LogP contribution is -2.41. The molecule has 0 spiro atoms. The standard InChI is InChI=1S/C14H11F2N3O3/c15-14(16)22-10-5-3-4-9(8-10)12(20)18-19-13(21)11-6-1-2-7-17-11/h1-8,14H,(H,18,20)(H,19,21). The number of pyridine rings is 1. The number of aromatic nitrogens is 1. The van der Waals surface area contributed by atoms with Crippen LogP contribution in [-0.4, -0.2) is 23.4 Å². The lowest BCUT2D eigenvalue weighted by Gasteiger charge is -2.08. The predicted octanol–water partition coefficient (Wildman–Crippen LogP) is 1.76. The van der Waals surface area contributed by atoms with Gasteiger partial charge in [0.2, 0.25) is 0 Å². The first kappa shape index (κ1) is 15.4. The molecule has 0 bridgehead atoms. The van der Waals surface area contributed by atoms with Crippen molar-refractivity contribution in [3.8, 4) is 5.75 Å². The molecule has 0 atom stereocenters. The molecule has 0 aliphatic carbocycles. The zero-order chi connectivity index (χ0) is 15.9. The van der Waals surface area contributed by atoms with Crippen LogP contribution in [0.3, 0.4) is 0 Å². The van der Waals surface area contributed by atoms with Crippen LogP contribution in [-0.2, 0) is 0 Å². The fraction of sp³-hybridized carbons (Fsp3) is 0.0714. The number of carbonyl (C=O) groups excluding carboxylic acids is 2. The first-order chi connectivity index (χ1) is 10.6. The van der Waals surface area contributed by atoms with Crippen molar-refractivity contribution in [2.45, 2.75) is 6.61 Å². The summed E-state index contributed by atoms with van der Waals surface area (Å²) >= 11 is 0. The number of alkyl halides is 2. The quantitative estimate of drug-likeness (QED) is 0.843. The second kappa shape index (κ2) is 7.11. The molecule has 1 heterocycles. The Morgan fingerprint density at radius 3 is 2.50 bits per heavy atom. The van der Waals surface area contributed by atoms with Gasteiger partial charge in [0.15, 0.2) is 0 Å². The molecule has 0 aliphatic heterocycles. The van der Waals surface area contributed by atoms with Crippen LogP contribution in [0.15, 0.2) is 48.7 Å². The van der Waals surface area contributed by atoms with Gasteiger partial charge in [0.05, 0.1) is 0 Å². The lowest BCUT2D eigenvalue weighted by molar-refractivity contribution is -0.0498. The van der Waals surface area contributed by atoms with Gasteiger partial charge in [0, 0.05) is 11.8 Å². The molecule has 2 rings (SSSR count). The van der Waals surface area contributed by atoms with E-state index < -0.39 is 18.4 Å². The third-order valence-corrected chi connectivity index (χ3v) is 2.51. The van der Waals surface area contributed by atoms with Gasteiger partial charge in [0.25, 0.3) is 11.8 Å². The van der Waals surface area contributed by atoms with Crippen molar-refractivity contribution in [3.05, 3.63) is 59.9 Å². The minimum atomic E-state index is -2.98. The highest BCUT2D eigenvalue weighted by Crippen LogP contribution is 2.15. The number of carbonyl (C=O) groups is 2. The van der Waals surface area contributed by atoms with Crippen LogP contribution in [0, 0.1) is 0 Å². The molecule has 0 radical (unpaired) electrons. The van der Waals surface area contributed by atoms with E-state index in [9.17, 15) is 18.4 Å². The van der Waals surface area contributed by atoms with E-state index >= 15 is 0 Å². The van der Waals surface area contributed by atoms with Crippen molar-refractivity contribution < 1.29 is 23.1 Å². The predicted molar refractivity (Wildman–Crippen MR) is 72.2 cm³/mol. The summed E-state index contributed by atoms with van der Waals surface area (Å²) in [6.45, 7) is -2.98. The Kier molecular flexibility index (Phi) is 4.97. The van der Waals surface area contributed by atoms with Crippen molar-refractivity contribution in [3.63, 3.8) is 0 Å². The minimum absolute atomic E-state index is 0.0551. The van der Waals surface area contributed by atoms with Crippen molar-refractivity contribution in [2.75, 3.05) is 0 Å². The van der Waals surface area contributed by atoms with Crippen LogP contribution in [0.25, 0.3) is 0 Å². The van der Waals surface area contributed by atoms with Gasteiger partial charge in [0.1, 0.15) is 11.4 Å². The van der Waals surface area contributed by atoms with Gasteiger partial charge in [-0.3, -0.25) is 25.4 Å². The third-order valence-electron chi connectivity index (χ3n) is 2.51. The Morgan fingerprint density at radius 2 is 1.82 bits per heavy atom. The lowest BCUT2D eigenvalue weighted by atomic mass is 10.2. The van der Waals surface area contributed by atoms with E-state index in [0.29, 0.717) is 0 Å². The normalized spacial score (nSPS) is 10.1. The van der Waals surface area contributed by atoms with Gasteiger partial charge < -0.3 is 4.74 Å². The van der Waals surface area contributed by atoms with Crippen LogP contribution in [0.2, 0.25) is 0 Å². The molecule has 22 heavy (non-hydrogen) atoms. The number of rotatable bonds is 4. The highest BCUT2D eigenvalue weighted by atomic mass is 19.3. The summed E-state index contributed by atoms with van der Waals surface area (Å²) in [6, 6.07) is 9.93. The van der Waals surface area contributed by atoms with E-state index in [2.05, 4.69) is 20.6 Å². The number of hydrogen-bond acceptors (Lipinski definition) is 4. The summed E-state index contributed by atoms with van der Waals surface area (Å²) in [6.07, 6.45) is 1.43. The Morgan fingerprint density at radius 1 is 1.05 bits per heavy atom. The Hall–Kier alpha value is -3.03. The first-order valence-corrected chi connectivity index (χ1v) is 6.13. The maximum Gasteiger partial charge on any atom is 0.387 e. The van der Waals surface area contributed by atoms with Crippen LogP contribution in [0.4, 0.5) is 8.78 Å². The number of hydrazine groups is 1. The van der Waals surface area contributed by atoms with Crippen LogP contribution < -0.4 is 15.6 Å². The fourth-order valence-electron chi connectivity index (χ4n) is 1.56. The van der Waals surface area contributed by atoms with Gasteiger partial charge in [-0.2, -0.15) is 8.78 Å². The summed E-state index contributed by atoms with van der Waals surface area (Å²) in [5.41, 5.74) is 4.50. The molecule has 2 aromatic rings. The van der Waals surface area contributed by atoms with Crippen LogP contribution in [0.5, 0.6) is 5.75 Å². The van der Waals surface area contributed by atoms with E-state index in [1.54, 1.807) is 12.1 Å². The number of nitrogens with zero attached hydrogens (tertiary/aromatic N) is 1. The molecular weight excluding hydrogens is 296 g/mol. The summed E-state index contributed by atoms with van der Waals surface area (Å²) in [4.78, 5) is 27.3. The molecule has 2 N–H and O–H groups in total. The molecule has 0 aliphatic rings. The molecule has 1 aromatic heterocycles. The second-order valence-electron chi connectivity index (χ2n) is 4.03. The zero-order valence-corrected chi connectivity index (χ0v) is 11.1. The average molecular weight is 307 g/mol. The van der Waals surface area contributed by atoms with Gasteiger partial charge in [-0.25, -0.2) is 0 Å². The largest absolute Gasteiger partial charge is 0.435 e. The van der Waals surface area contributed by atoms with Gasteiger partial charge >= 0.3 is 6.61 Å². The van der Waals surface area contributed by atoms with Gasteiger partial charge in [-0.05, 0) is 30.3 Å². The van der Waals surface area contributed by atoms with E-state index in [0.717, 1.165) is 6.07 Å². The second-order valence-corrected chi connectivity index (χ2v) is 4.03. The maximum atomic E-state index is 12.1. The van der Waals surface area contributed by atoms with Crippen molar-refractivity contribution in [1.29, 1.82) is 0 Å². The molecule has 6 nitrogen and oxygen atoms in total. The molecule has 114 valence electrons. The Bertz CT molecular complexity index is 665. The number of halogens is 2. The molecular formula is C14H11F2N3O3. The number of benzene rings is 1. The smallest absolute Gasteiger partial charge is 0.387 e. The Balaban J connectivity index is 1.96. The number of ether oxygens (including phenoxy) is 1. The van der Waals surface area contributed by atoms with Crippen molar-refractivity contribution in [2.24, 2.45) is 0 Å². The molecule has 0 saturated carbocycles. The van der Waals surface area contributed by atoms with Gasteiger partial charge in [-0.1, -0.05) is 12.1 Å². The van der Waals surface area contributed by atoms with Crippen molar-refractivity contribution in [1.82, 2.24) is 15.8 Å². The van der Waals surface area contributed by atoms with E-state index in [4.69, 9.17) is 0 Å². The minimum Gasteiger partial charge on any atom is -0.435 e. The molecule has 2 amide bonds. The molecule has 0 saturated heterocycles. The molecule has 0 fully saturated rings. The fourth-order valence-corrected chi connectivity index (χ4v) is 1.56. The number of amides is 2. The summed E-state index contributed by atoms with van der Waals surface area (Å²) in [5.74, 6) is -1.43. The van der Waals surface area contributed by atoms with E-state index in [-0.39, 0.29) is 17.0 Å². The Labute approximate surface area is 124 Å². The highest BCUT2D eigenvalue weighted by molar-refractivity contribution is 5.98. The molecule has 0 unspecified atom stereocenters. The number of hydrogen-bond donors (Lipinski definition) is 2. The van der Waals surface area contributed by atoms with Crippen LogP contribution >= 0.6 is 0 Å². The number of nitrogens with one attached hydrogen (secondary N) is 2. The molecule has 8 heteroatoms. The summed E-state index contributed by atoms with van der Waals surface area (Å²) < 4.78 is 28.4. The highest BCUT2D eigenvalue weighted by Gasteiger charge is 2.11. The van der Waals surface area contributed by atoms with Crippen LogP contribution in [0.1, 0.15) is 20.8 Å². The van der Waals surface area contributed by atoms with Crippen molar-refractivity contribution >= 4 is 11.8 Å². The third kappa shape index (κ3) is 4.23. The molecule has 1 aromatic carbocycles. The average Bonchev–Trinajstić information content (AvgIpc) is 2.52.